The largest absolute Gasteiger partial charge is 0.274 e. The van der Waals surface area contributed by atoms with Crippen LogP contribution in [0.3, 0.4) is 0 Å². The molecule has 1 aromatic rings. The molecule has 1 heterocycles. The van der Waals surface area contributed by atoms with Gasteiger partial charge in [-0.3, -0.25) is 9.59 Å². The minimum Gasteiger partial charge on any atom is -0.274 e. The maximum Gasteiger partial charge on any atom is 0.247 e. The van der Waals surface area contributed by atoms with Gasteiger partial charge in [-0.05, 0) is 30.0 Å². The summed E-state index contributed by atoms with van der Waals surface area (Å²) in [5.41, 5.74) is 0.655. The molecule has 0 spiro atoms. The number of thioether (sulfide) groups is 1. The van der Waals surface area contributed by atoms with Crippen molar-refractivity contribution >= 4 is 45.2 Å². The summed E-state index contributed by atoms with van der Waals surface area (Å²) in [5, 5.41) is -0.212. The number of rotatable bonds is 3. The first-order valence-corrected chi connectivity index (χ1v) is 7.21. The minimum absolute atomic E-state index is 0.0934. The minimum atomic E-state index is -0.212. The number of nitrogens with zero attached hydrogens (tertiary/aromatic N) is 1. The highest BCUT2D eigenvalue weighted by molar-refractivity contribution is 9.10. The normalized spacial score (nSPS) is 20.1. The van der Waals surface area contributed by atoms with Crippen LogP contribution in [-0.4, -0.2) is 22.8 Å². The third-order valence-electron chi connectivity index (χ3n) is 2.56. The first kappa shape index (κ1) is 12.6. The van der Waals surface area contributed by atoms with Crippen LogP contribution in [0.15, 0.2) is 28.7 Å². The number of hydrogen-bond donors (Lipinski definition) is 0. The van der Waals surface area contributed by atoms with Gasteiger partial charge in [-0.15, -0.1) is 11.8 Å². The van der Waals surface area contributed by atoms with Crippen LogP contribution in [0.25, 0.3) is 0 Å². The number of carbonyl (C=O) groups excluding carboxylic acids is 2. The van der Waals surface area contributed by atoms with Crippen molar-refractivity contribution in [2.24, 2.45) is 0 Å². The maximum atomic E-state index is 12.1. The van der Waals surface area contributed by atoms with Crippen molar-refractivity contribution in [2.75, 3.05) is 10.7 Å². The van der Waals surface area contributed by atoms with E-state index >= 15 is 0 Å². The van der Waals surface area contributed by atoms with Gasteiger partial charge < -0.3 is 0 Å². The average molecular weight is 314 g/mol. The Morgan fingerprint density at radius 1 is 1.35 bits per heavy atom. The molecule has 17 heavy (non-hydrogen) atoms. The van der Waals surface area contributed by atoms with Crippen LogP contribution in [0.1, 0.15) is 13.3 Å². The number of carbonyl (C=O) groups is 2. The van der Waals surface area contributed by atoms with E-state index in [2.05, 4.69) is 15.9 Å². The fourth-order valence-corrected chi connectivity index (χ4v) is 2.97. The van der Waals surface area contributed by atoms with Gasteiger partial charge in [0.1, 0.15) is 0 Å². The summed E-state index contributed by atoms with van der Waals surface area (Å²) < 4.78 is 0.930. The number of hydrogen-bond acceptors (Lipinski definition) is 3. The Labute approximate surface area is 113 Å². The fourth-order valence-electron chi connectivity index (χ4n) is 1.80. The van der Waals surface area contributed by atoms with E-state index in [1.165, 1.54) is 16.7 Å². The average Bonchev–Trinajstić information content (AvgIpc) is 2.57. The van der Waals surface area contributed by atoms with Crippen LogP contribution in [0.2, 0.25) is 0 Å². The second-order valence-corrected chi connectivity index (χ2v) is 6.09. The lowest BCUT2D eigenvalue weighted by molar-refractivity contribution is -0.121. The monoisotopic (exact) mass is 313 g/mol. The van der Waals surface area contributed by atoms with E-state index in [9.17, 15) is 9.59 Å². The highest BCUT2D eigenvalue weighted by Crippen LogP contribution is 2.30. The second kappa shape index (κ2) is 5.23. The van der Waals surface area contributed by atoms with Gasteiger partial charge in [0.05, 0.1) is 10.9 Å². The molecule has 90 valence electrons. The lowest BCUT2D eigenvalue weighted by Crippen LogP contribution is -2.31. The number of halogens is 1. The third-order valence-corrected chi connectivity index (χ3v) is 4.19. The van der Waals surface area contributed by atoms with E-state index in [1.807, 2.05) is 19.1 Å². The van der Waals surface area contributed by atoms with Crippen molar-refractivity contribution in [2.45, 2.75) is 18.6 Å². The van der Waals surface area contributed by atoms with Crippen molar-refractivity contribution in [1.82, 2.24) is 0 Å². The van der Waals surface area contributed by atoms with Gasteiger partial charge in [0, 0.05) is 10.9 Å². The van der Waals surface area contributed by atoms with Crippen LogP contribution in [0.5, 0.6) is 0 Å². The smallest absolute Gasteiger partial charge is 0.247 e. The fraction of sp³-hybridized carbons (Fsp3) is 0.333. The molecule has 0 bridgehead atoms. The third kappa shape index (κ3) is 2.55. The molecule has 2 amide bonds. The molecule has 1 aliphatic heterocycles. The number of amides is 2. The summed E-state index contributed by atoms with van der Waals surface area (Å²) in [6, 6.07) is 7.21. The Morgan fingerprint density at radius 3 is 2.59 bits per heavy atom. The molecular formula is C12H12BrNO2S. The van der Waals surface area contributed by atoms with E-state index in [0.29, 0.717) is 12.1 Å². The van der Waals surface area contributed by atoms with E-state index < -0.39 is 0 Å². The lowest BCUT2D eigenvalue weighted by Gasteiger charge is -2.14. The van der Waals surface area contributed by atoms with Crippen LogP contribution in [0.4, 0.5) is 5.69 Å². The number of benzene rings is 1. The Bertz CT molecular complexity index is 446. The number of imide groups is 1. The summed E-state index contributed by atoms with van der Waals surface area (Å²) in [6.45, 7) is 1.99. The predicted molar refractivity (Wildman–Crippen MR) is 73.2 cm³/mol. The van der Waals surface area contributed by atoms with Crippen molar-refractivity contribution in [1.29, 1.82) is 0 Å². The molecule has 1 fully saturated rings. The quantitative estimate of drug-likeness (QED) is 0.805. The number of anilines is 1. The van der Waals surface area contributed by atoms with Gasteiger partial charge in [-0.2, -0.15) is 0 Å². The van der Waals surface area contributed by atoms with E-state index in [1.54, 1.807) is 12.1 Å². The molecule has 1 atom stereocenters. The molecule has 2 rings (SSSR count). The van der Waals surface area contributed by atoms with Gasteiger partial charge in [-0.1, -0.05) is 22.9 Å². The van der Waals surface area contributed by atoms with Crippen molar-refractivity contribution in [3.05, 3.63) is 28.7 Å². The zero-order chi connectivity index (χ0) is 12.4. The van der Waals surface area contributed by atoms with Gasteiger partial charge >= 0.3 is 0 Å². The van der Waals surface area contributed by atoms with Gasteiger partial charge in [0.25, 0.3) is 0 Å². The Kier molecular flexibility index (Phi) is 3.89. The molecule has 1 aliphatic rings. The molecule has 5 heteroatoms. The van der Waals surface area contributed by atoms with E-state index in [0.717, 1.165) is 10.2 Å². The zero-order valence-corrected chi connectivity index (χ0v) is 11.8. The van der Waals surface area contributed by atoms with Gasteiger partial charge in [-0.25, -0.2) is 4.90 Å². The molecule has 0 aliphatic carbocycles. The first-order chi connectivity index (χ1) is 8.13. The topological polar surface area (TPSA) is 37.4 Å². The van der Waals surface area contributed by atoms with Crippen molar-refractivity contribution < 1.29 is 9.59 Å². The highest BCUT2D eigenvalue weighted by Gasteiger charge is 2.39. The first-order valence-electron chi connectivity index (χ1n) is 5.37. The maximum absolute atomic E-state index is 12.1. The molecule has 0 aromatic heterocycles. The summed E-state index contributed by atoms with van der Waals surface area (Å²) in [5.74, 6) is 0.644. The predicted octanol–water partition coefficient (Wildman–Crippen LogP) is 2.83. The molecule has 1 aromatic carbocycles. The second-order valence-electron chi connectivity index (χ2n) is 3.69. The van der Waals surface area contributed by atoms with Crippen LogP contribution in [-0.2, 0) is 9.59 Å². The molecular weight excluding hydrogens is 302 g/mol. The van der Waals surface area contributed by atoms with Crippen LogP contribution >= 0.6 is 27.7 Å². The molecule has 0 unspecified atom stereocenters. The Hall–Kier alpha value is -0.810. The molecule has 1 saturated heterocycles. The van der Waals surface area contributed by atoms with Gasteiger partial charge in [0.15, 0.2) is 0 Å². The van der Waals surface area contributed by atoms with E-state index in [-0.39, 0.29) is 17.1 Å². The summed E-state index contributed by atoms with van der Waals surface area (Å²) in [4.78, 5) is 25.2. The summed E-state index contributed by atoms with van der Waals surface area (Å²) >= 11 is 4.86. The van der Waals surface area contributed by atoms with Gasteiger partial charge in [0.2, 0.25) is 11.8 Å². The van der Waals surface area contributed by atoms with Crippen molar-refractivity contribution in [3.8, 4) is 0 Å². The van der Waals surface area contributed by atoms with Crippen LogP contribution < -0.4 is 4.90 Å². The SMILES string of the molecule is CCS[C@H]1CC(=O)N(c2ccc(Br)cc2)C1=O. The van der Waals surface area contributed by atoms with Crippen LogP contribution in [0, 0.1) is 0 Å². The zero-order valence-electron chi connectivity index (χ0n) is 9.35. The molecule has 0 radical (unpaired) electrons. The molecule has 0 N–H and O–H groups in total. The Balaban J connectivity index is 2.24. The lowest BCUT2D eigenvalue weighted by atomic mass is 10.3. The molecule has 0 saturated carbocycles. The van der Waals surface area contributed by atoms with Crippen molar-refractivity contribution in [3.63, 3.8) is 0 Å². The Morgan fingerprint density at radius 2 is 2.00 bits per heavy atom. The van der Waals surface area contributed by atoms with E-state index in [4.69, 9.17) is 0 Å². The molecule has 3 nitrogen and oxygen atoms in total. The summed E-state index contributed by atoms with van der Waals surface area (Å²) in [6.07, 6.45) is 0.313. The standard InChI is InChI=1S/C12H12BrNO2S/c1-2-17-10-7-11(15)14(12(10)16)9-5-3-8(13)4-6-9/h3-6,10H,2,7H2,1H3/t10-/m0/s1. The summed E-state index contributed by atoms with van der Waals surface area (Å²) in [7, 11) is 0. The highest BCUT2D eigenvalue weighted by atomic mass is 79.9.